The number of nitro benzene ring substituents is 1. The molecule has 2 N–H and O–H groups in total. The molecule has 0 aliphatic carbocycles. The van der Waals surface area contributed by atoms with Crippen molar-refractivity contribution in [2.75, 3.05) is 5.32 Å². The van der Waals surface area contributed by atoms with E-state index in [0.29, 0.717) is 5.58 Å². The number of para-hydroxylation sites is 3. The highest BCUT2D eigenvalue weighted by atomic mass is 16.6. The Morgan fingerprint density at radius 3 is 2.50 bits per heavy atom. The Balaban J connectivity index is 1.73. The SMILES string of the molecule is O=C(NC(=O)c1cc2ccccc2o1)Nc1ccccc1[N+](=O)[O-]. The molecular weight excluding hydrogens is 314 g/mol. The third-order valence-electron chi connectivity index (χ3n) is 3.23. The maximum absolute atomic E-state index is 12.0. The summed E-state index contributed by atoms with van der Waals surface area (Å²) in [4.78, 5) is 34.2. The van der Waals surface area contributed by atoms with E-state index in [9.17, 15) is 19.7 Å². The molecular formula is C16H11N3O5. The van der Waals surface area contributed by atoms with E-state index in [1.54, 1.807) is 24.3 Å². The Morgan fingerprint density at radius 1 is 1.04 bits per heavy atom. The largest absolute Gasteiger partial charge is 0.451 e. The molecule has 0 atom stereocenters. The van der Waals surface area contributed by atoms with E-state index in [1.807, 2.05) is 0 Å². The number of hydrogen-bond acceptors (Lipinski definition) is 5. The van der Waals surface area contributed by atoms with Crippen LogP contribution in [0, 0.1) is 10.1 Å². The van der Waals surface area contributed by atoms with Gasteiger partial charge >= 0.3 is 6.03 Å². The summed E-state index contributed by atoms with van der Waals surface area (Å²) in [6.07, 6.45) is 0. The van der Waals surface area contributed by atoms with Crippen LogP contribution < -0.4 is 10.6 Å². The number of imide groups is 1. The minimum absolute atomic E-state index is 0.0163. The molecule has 8 heteroatoms. The highest BCUT2D eigenvalue weighted by Gasteiger charge is 2.18. The first kappa shape index (κ1) is 15.2. The first-order valence-corrected chi connectivity index (χ1v) is 6.89. The first-order valence-electron chi connectivity index (χ1n) is 6.89. The fraction of sp³-hybridized carbons (Fsp3) is 0. The molecule has 8 nitrogen and oxygen atoms in total. The van der Waals surface area contributed by atoms with Crippen LogP contribution in [0.25, 0.3) is 11.0 Å². The summed E-state index contributed by atoms with van der Waals surface area (Å²) in [7, 11) is 0. The molecule has 0 saturated heterocycles. The summed E-state index contributed by atoms with van der Waals surface area (Å²) in [5.41, 5.74) is 0.225. The molecule has 2 aromatic carbocycles. The Morgan fingerprint density at radius 2 is 1.75 bits per heavy atom. The van der Waals surface area contributed by atoms with Crippen LogP contribution in [0.15, 0.2) is 59.0 Å². The Kier molecular flexibility index (Phi) is 3.94. The van der Waals surface area contributed by atoms with Gasteiger partial charge in [0.15, 0.2) is 5.76 Å². The molecule has 0 spiro atoms. The molecule has 0 unspecified atom stereocenters. The van der Waals surface area contributed by atoms with Crippen molar-refractivity contribution in [1.29, 1.82) is 0 Å². The quantitative estimate of drug-likeness (QED) is 0.566. The topological polar surface area (TPSA) is 114 Å². The van der Waals surface area contributed by atoms with Gasteiger partial charge in [-0.3, -0.25) is 20.2 Å². The lowest BCUT2D eigenvalue weighted by Crippen LogP contribution is -2.34. The van der Waals surface area contributed by atoms with E-state index in [0.717, 1.165) is 5.39 Å². The van der Waals surface area contributed by atoms with E-state index in [2.05, 4.69) is 10.6 Å². The minimum Gasteiger partial charge on any atom is -0.451 e. The molecule has 0 bridgehead atoms. The molecule has 1 aromatic heterocycles. The zero-order valence-electron chi connectivity index (χ0n) is 12.2. The van der Waals surface area contributed by atoms with Crippen LogP contribution in [0.2, 0.25) is 0 Å². The van der Waals surface area contributed by atoms with E-state index < -0.39 is 16.9 Å². The maximum atomic E-state index is 12.0. The number of urea groups is 1. The van der Waals surface area contributed by atoms with Crippen molar-refractivity contribution in [3.8, 4) is 0 Å². The summed E-state index contributed by atoms with van der Waals surface area (Å²) < 4.78 is 5.34. The van der Waals surface area contributed by atoms with Gasteiger partial charge in [-0.15, -0.1) is 0 Å². The van der Waals surface area contributed by atoms with Gasteiger partial charge < -0.3 is 9.73 Å². The summed E-state index contributed by atoms with van der Waals surface area (Å²) in [6.45, 7) is 0. The van der Waals surface area contributed by atoms with E-state index in [1.165, 1.54) is 30.3 Å². The number of nitro groups is 1. The number of carbonyl (C=O) groups excluding carboxylic acids is 2. The number of nitrogens with zero attached hydrogens (tertiary/aromatic N) is 1. The van der Waals surface area contributed by atoms with Crippen molar-refractivity contribution in [2.24, 2.45) is 0 Å². The Hall–Kier alpha value is -3.68. The van der Waals surface area contributed by atoms with Crippen LogP contribution in [0.3, 0.4) is 0 Å². The summed E-state index contributed by atoms with van der Waals surface area (Å²) in [6, 6.07) is 13.2. The van der Waals surface area contributed by atoms with Gasteiger partial charge in [0.2, 0.25) is 0 Å². The van der Waals surface area contributed by atoms with Gasteiger partial charge in [-0.05, 0) is 18.2 Å². The van der Waals surface area contributed by atoms with Crippen LogP contribution >= 0.6 is 0 Å². The molecule has 0 saturated carbocycles. The van der Waals surface area contributed by atoms with Crippen molar-refractivity contribution < 1.29 is 18.9 Å². The average molecular weight is 325 g/mol. The van der Waals surface area contributed by atoms with E-state index >= 15 is 0 Å². The monoisotopic (exact) mass is 325 g/mol. The minimum atomic E-state index is -0.894. The molecule has 3 amide bonds. The van der Waals surface area contributed by atoms with Crippen LogP contribution in [-0.2, 0) is 0 Å². The van der Waals surface area contributed by atoms with E-state index in [4.69, 9.17) is 4.42 Å². The number of amides is 3. The lowest BCUT2D eigenvalue weighted by atomic mass is 10.2. The Bertz CT molecular complexity index is 915. The summed E-state index contributed by atoms with van der Waals surface area (Å²) in [5, 5.41) is 16.0. The molecule has 3 rings (SSSR count). The molecule has 120 valence electrons. The first-order chi connectivity index (χ1) is 11.5. The van der Waals surface area contributed by atoms with Crippen molar-refractivity contribution in [3.63, 3.8) is 0 Å². The lowest BCUT2D eigenvalue weighted by molar-refractivity contribution is -0.383. The van der Waals surface area contributed by atoms with Gasteiger partial charge in [0, 0.05) is 11.5 Å². The third-order valence-corrected chi connectivity index (χ3v) is 3.23. The van der Waals surface area contributed by atoms with Crippen molar-refractivity contribution in [3.05, 3.63) is 70.5 Å². The number of nitrogens with one attached hydrogen (secondary N) is 2. The van der Waals surface area contributed by atoms with E-state index in [-0.39, 0.29) is 17.1 Å². The fourth-order valence-corrected chi connectivity index (χ4v) is 2.15. The van der Waals surface area contributed by atoms with Crippen LogP contribution in [0.4, 0.5) is 16.2 Å². The van der Waals surface area contributed by atoms with Gasteiger partial charge in [-0.1, -0.05) is 30.3 Å². The fourth-order valence-electron chi connectivity index (χ4n) is 2.15. The molecule has 3 aromatic rings. The third kappa shape index (κ3) is 3.07. The highest BCUT2D eigenvalue weighted by Crippen LogP contribution is 2.23. The second-order valence-corrected chi connectivity index (χ2v) is 4.83. The second-order valence-electron chi connectivity index (χ2n) is 4.83. The number of fused-ring (bicyclic) bond motifs is 1. The predicted octanol–water partition coefficient (Wildman–Crippen LogP) is 3.30. The summed E-state index contributed by atoms with van der Waals surface area (Å²) >= 11 is 0. The van der Waals surface area contributed by atoms with Gasteiger partial charge in [-0.25, -0.2) is 4.79 Å². The standard InChI is InChI=1S/C16H11N3O5/c20-15(14-9-10-5-1-4-8-13(10)24-14)18-16(21)17-11-6-2-3-7-12(11)19(22)23/h1-9H,(H2,17,18,20,21). The number of furan rings is 1. The van der Waals surface area contributed by atoms with Crippen LogP contribution in [0.1, 0.15) is 10.6 Å². The van der Waals surface area contributed by atoms with Crippen LogP contribution in [0.5, 0.6) is 0 Å². The molecule has 24 heavy (non-hydrogen) atoms. The number of benzene rings is 2. The zero-order valence-corrected chi connectivity index (χ0v) is 12.2. The zero-order chi connectivity index (χ0) is 17.1. The second kappa shape index (κ2) is 6.21. The maximum Gasteiger partial charge on any atom is 0.326 e. The normalized spacial score (nSPS) is 10.3. The molecule has 0 fully saturated rings. The number of anilines is 1. The average Bonchev–Trinajstić information content (AvgIpc) is 2.99. The number of carbonyl (C=O) groups is 2. The summed E-state index contributed by atoms with van der Waals surface area (Å²) in [5.74, 6) is -0.781. The van der Waals surface area contributed by atoms with Crippen molar-refractivity contribution in [2.45, 2.75) is 0 Å². The molecule has 0 aliphatic rings. The van der Waals surface area contributed by atoms with Crippen LogP contribution in [-0.4, -0.2) is 16.9 Å². The predicted molar refractivity (Wildman–Crippen MR) is 85.8 cm³/mol. The van der Waals surface area contributed by atoms with Gasteiger partial charge in [0.05, 0.1) is 4.92 Å². The number of rotatable bonds is 3. The Labute approximate surface area is 135 Å². The highest BCUT2D eigenvalue weighted by molar-refractivity contribution is 6.08. The molecule has 0 aliphatic heterocycles. The molecule has 1 heterocycles. The van der Waals surface area contributed by atoms with Crippen molar-refractivity contribution in [1.82, 2.24) is 5.32 Å². The van der Waals surface area contributed by atoms with Gasteiger partial charge in [0.25, 0.3) is 11.6 Å². The number of hydrogen-bond donors (Lipinski definition) is 2. The van der Waals surface area contributed by atoms with Gasteiger partial charge in [-0.2, -0.15) is 0 Å². The smallest absolute Gasteiger partial charge is 0.326 e. The molecule has 0 radical (unpaired) electrons. The van der Waals surface area contributed by atoms with Crippen molar-refractivity contribution >= 4 is 34.3 Å². The lowest BCUT2D eigenvalue weighted by Gasteiger charge is -2.05. The van der Waals surface area contributed by atoms with Gasteiger partial charge in [0.1, 0.15) is 11.3 Å².